The maximum atomic E-state index is 13.0. The van der Waals surface area contributed by atoms with Crippen molar-refractivity contribution < 1.29 is 4.79 Å². The van der Waals surface area contributed by atoms with Crippen molar-refractivity contribution in [3.05, 3.63) is 86.5 Å². The zero-order valence-corrected chi connectivity index (χ0v) is 18.8. The van der Waals surface area contributed by atoms with E-state index in [4.69, 9.17) is 35.4 Å². The Bertz CT molecular complexity index is 1170. The van der Waals surface area contributed by atoms with Crippen LogP contribution in [0.1, 0.15) is 17.0 Å². The van der Waals surface area contributed by atoms with Gasteiger partial charge < -0.3 is 4.57 Å². The van der Waals surface area contributed by atoms with Crippen LogP contribution in [-0.4, -0.2) is 14.8 Å². The smallest absolute Gasteiger partial charge is 0.270 e. The lowest BCUT2D eigenvalue weighted by Gasteiger charge is -2.13. The molecule has 0 unspecified atom stereocenters. The number of nitrogens with zero attached hydrogens (tertiary/aromatic N) is 2. The third-order valence-corrected chi connectivity index (χ3v) is 6.77. The molecule has 0 spiro atoms. The summed E-state index contributed by atoms with van der Waals surface area (Å²) in [6.07, 6.45) is 1.90. The minimum absolute atomic E-state index is 0.106. The van der Waals surface area contributed by atoms with E-state index in [-0.39, 0.29) is 5.91 Å². The Morgan fingerprint density at radius 1 is 0.966 bits per heavy atom. The number of anilines is 1. The fraction of sp³-hybridized carbons (Fsp3) is 0.0909. The number of para-hydroxylation sites is 1. The molecule has 0 bridgehead atoms. The van der Waals surface area contributed by atoms with Crippen LogP contribution in [0.15, 0.2) is 59.5 Å². The van der Waals surface area contributed by atoms with E-state index >= 15 is 0 Å². The summed E-state index contributed by atoms with van der Waals surface area (Å²) in [4.78, 5) is 15.2. The number of aryl methyl sites for hydroxylation is 1. The Morgan fingerprint density at radius 3 is 2.38 bits per heavy atom. The first-order chi connectivity index (χ1) is 13.9. The molecule has 1 aliphatic rings. The summed E-state index contributed by atoms with van der Waals surface area (Å²) >= 11 is 19.0. The van der Waals surface area contributed by atoms with E-state index in [1.54, 1.807) is 11.0 Å². The fourth-order valence-electron chi connectivity index (χ4n) is 3.36. The third-order valence-electron chi connectivity index (χ3n) is 4.73. The molecule has 1 amide bonds. The molecular weight excluding hydrogens is 443 g/mol. The normalized spacial score (nSPS) is 15.6. The summed E-state index contributed by atoms with van der Waals surface area (Å²) in [6.45, 7) is 4.03. The van der Waals surface area contributed by atoms with Gasteiger partial charge in [0.15, 0.2) is 4.32 Å². The van der Waals surface area contributed by atoms with E-state index in [1.807, 2.05) is 68.5 Å². The first-order valence-electron chi connectivity index (χ1n) is 8.84. The van der Waals surface area contributed by atoms with E-state index < -0.39 is 0 Å². The second-order valence-corrected chi connectivity index (χ2v) is 9.10. The molecule has 2 heterocycles. The van der Waals surface area contributed by atoms with Crippen molar-refractivity contribution in [1.29, 1.82) is 0 Å². The summed E-state index contributed by atoms with van der Waals surface area (Å²) < 4.78 is 2.62. The van der Waals surface area contributed by atoms with Gasteiger partial charge in [-0.3, -0.25) is 9.69 Å². The van der Waals surface area contributed by atoms with Gasteiger partial charge in [-0.05, 0) is 61.9 Å². The Hall–Kier alpha value is -2.05. The number of amides is 1. The van der Waals surface area contributed by atoms with E-state index in [1.165, 1.54) is 11.8 Å². The van der Waals surface area contributed by atoms with Gasteiger partial charge in [0.1, 0.15) is 0 Å². The molecule has 1 saturated heterocycles. The van der Waals surface area contributed by atoms with Crippen LogP contribution >= 0.6 is 47.2 Å². The van der Waals surface area contributed by atoms with E-state index in [2.05, 4.69) is 4.57 Å². The van der Waals surface area contributed by atoms with Crippen molar-refractivity contribution in [2.75, 3.05) is 4.90 Å². The molecule has 2 aromatic carbocycles. The second kappa shape index (κ2) is 8.00. The molecule has 0 radical (unpaired) electrons. The Balaban J connectivity index is 1.71. The summed E-state index contributed by atoms with van der Waals surface area (Å²) in [6, 6.07) is 17.0. The minimum atomic E-state index is -0.106. The predicted octanol–water partition coefficient (Wildman–Crippen LogP) is 6.81. The van der Waals surface area contributed by atoms with Crippen LogP contribution in [0.25, 0.3) is 11.8 Å². The van der Waals surface area contributed by atoms with Crippen molar-refractivity contribution in [3.63, 3.8) is 0 Å². The summed E-state index contributed by atoms with van der Waals surface area (Å²) in [5, 5.41) is 1.02. The highest BCUT2D eigenvalue weighted by Gasteiger charge is 2.33. The summed E-state index contributed by atoms with van der Waals surface area (Å²) in [5.41, 5.74) is 4.70. The minimum Gasteiger partial charge on any atom is -0.318 e. The van der Waals surface area contributed by atoms with Crippen LogP contribution in [0, 0.1) is 13.8 Å². The molecule has 0 N–H and O–H groups in total. The number of hydrogen-bond acceptors (Lipinski definition) is 3. The molecule has 3 nitrogen and oxygen atoms in total. The second-order valence-electron chi connectivity index (χ2n) is 6.61. The number of carbonyl (C=O) groups is 1. The van der Waals surface area contributed by atoms with Crippen molar-refractivity contribution in [3.8, 4) is 5.69 Å². The van der Waals surface area contributed by atoms with Crippen LogP contribution in [0.2, 0.25) is 10.0 Å². The van der Waals surface area contributed by atoms with Crippen LogP contribution in [0.5, 0.6) is 0 Å². The molecule has 0 saturated carbocycles. The molecule has 0 aliphatic carbocycles. The molecule has 3 aromatic rings. The number of aromatic nitrogens is 1. The highest BCUT2D eigenvalue weighted by molar-refractivity contribution is 8.27. The lowest BCUT2D eigenvalue weighted by Crippen LogP contribution is -2.27. The molecule has 146 valence electrons. The van der Waals surface area contributed by atoms with Gasteiger partial charge in [0.05, 0.1) is 20.6 Å². The number of thiocarbonyl (C=S) groups is 1. The quantitative estimate of drug-likeness (QED) is 0.318. The molecule has 1 aromatic heterocycles. The van der Waals surface area contributed by atoms with E-state index in [0.29, 0.717) is 19.3 Å². The lowest BCUT2D eigenvalue weighted by atomic mass is 10.2. The first-order valence-corrected chi connectivity index (χ1v) is 10.8. The van der Waals surface area contributed by atoms with Crippen LogP contribution in [0.4, 0.5) is 5.69 Å². The van der Waals surface area contributed by atoms with Crippen LogP contribution in [0.3, 0.4) is 0 Å². The fourth-order valence-corrected chi connectivity index (χ4v) is 4.95. The third kappa shape index (κ3) is 3.76. The molecular formula is C22H16Cl2N2OS2. The maximum absolute atomic E-state index is 13.0. The molecule has 1 fully saturated rings. The van der Waals surface area contributed by atoms with Crippen molar-refractivity contribution >= 4 is 69.2 Å². The number of hydrogen-bond donors (Lipinski definition) is 0. The molecule has 1 aliphatic heterocycles. The van der Waals surface area contributed by atoms with Gasteiger partial charge >= 0.3 is 0 Å². The van der Waals surface area contributed by atoms with Gasteiger partial charge in [-0.15, -0.1) is 0 Å². The van der Waals surface area contributed by atoms with Crippen LogP contribution < -0.4 is 4.90 Å². The summed E-state index contributed by atoms with van der Waals surface area (Å²) in [5.74, 6) is -0.106. The molecule has 0 atom stereocenters. The van der Waals surface area contributed by atoms with E-state index in [0.717, 1.165) is 28.3 Å². The van der Waals surface area contributed by atoms with Gasteiger partial charge in [-0.1, -0.05) is 65.4 Å². The largest absolute Gasteiger partial charge is 0.318 e. The Morgan fingerprint density at radius 2 is 1.69 bits per heavy atom. The zero-order chi connectivity index (χ0) is 20.7. The van der Waals surface area contributed by atoms with E-state index in [9.17, 15) is 4.79 Å². The maximum Gasteiger partial charge on any atom is 0.270 e. The monoisotopic (exact) mass is 458 g/mol. The molecule has 29 heavy (non-hydrogen) atoms. The van der Waals surface area contributed by atoms with Crippen molar-refractivity contribution in [2.45, 2.75) is 13.8 Å². The summed E-state index contributed by atoms with van der Waals surface area (Å²) in [7, 11) is 0. The average molecular weight is 459 g/mol. The zero-order valence-electron chi connectivity index (χ0n) is 15.6. The number of carbonyl (C=O) groups excluding carboxylic acids is 1. The molecule has 4 rings (SSSR count). The lowest BCUT2D eigenvalue weighted by molar-refractivity contribution is -0.113. The van der Waals surface area contributed by atoms with Crippen molar-refractivity contribution in [2.24, 2.45) is 0 Å². The van der Waals surface area contributed by atoms with Gasteiger partial charge in [-0.25, -0.2) is 0 Å². The van der Waals surface area contributed by atoms with Crippen LogP contribution in [-0.2, 0) is 4.79 Å². The average Bonchev–Trinajstić information content (AvgIpc) is 3.13. The van der Waals surface area contributed by atoms with Gasteiger partial charge in [-0.2, -0.15) is 0 Å². The number of thioether (sulfide) groups is 1. The van der Waals surface area contributed by atoms with Gasteiger partial charge in [0, 0.05) is 17.1 Å². The van der Waals surface area contributed by atoms with Crippen molar-refractivity contribution in [1.82, 2.24) is 4.57 Å². The highest BCUT2D eigenvalue weighted by atomic mass is 35.5. The number of benzene rings is 2. The Labute approximate surface area is 188 Å². The first kappa shape index (κ1) is 20.2. The Kier molecular flexibility index (Phi) is 5.58. The predicted molar refractivity (Wildman–Crippen MR) is 127 cm³/mol. The molecule has 7 heteroatoms. The highest BCUT2D eigenvalue weighted by Crippen LogP contribution is 2.37. The standard InChI is InChI=1S/C22H16Cl2N2OS2/c1-13-10-15(14(2)25(13)17-8-9-18(23)19(24)12-17)11-20-21(27)26(22(28)29-20)16-6-4-3-5-7-16/h3-12H,1-2H3/b20-11-. The van der Waals surface area contributed by atoms with Gasteiger partial charge in [0.25, 0.3) is 5.91 Å². The topological polar surface area (TPSA) is 25.2 Å². The van der Waals surface area contributed by atoms with Gasteiger partial charge in [0.2, 0.25) is 0 Å². The SMILES string of the molecule is Cc1cc(/C=C2\SC(=S)N(c3ccccc3)C2=O)c(C)n1-c1ccc(Cl)c(Cl)c1. The number of rotatable bonds is 3. The number of halogens is 2.